The van der Waals surface area contributed by atoms with Gasteiger partial charge in [0, 0.05) is 39.3 Å². The lowest BCUT2D eigenvalue weighted by Crippen LogP contribution is -2.20. The Labute approximate surface area is 366 Å². The first kappa shape index (κ1) is 38.5. The fourth-order valence-corrected chi connectivity index (χ4v) is 8.91. The zero-order valence-electron chi connectivity index (χ0n) is 35.4. The summed E-state index contributed by atoms with van der Waals surface area (Å²) in [5, 5.41) is 0. The van der Waals surface area contributed by atoms with Gasteiger partial charge >= 0.3 is 0 Å². The summed E-state index contributed by atoms with van der Waals surface area (Å²) < 4.78 is 0. The Kier molecular flexibility index (Phi) is 10.2. The molecule has 9 aromatic carbocycles. The molecule has 1 aliphatic heterocycles. The van der Waals surface area contributed by atoms with Gasteiger partial charge in [-0.1, -0.05) is 197 Å². The standard InChI is InChI=1S/C60H48N2/c1-60(2,3)48-35-39-56(53(41-48)45-23-11-5-12-24-45)61(50-36-33-44(34-37-50)43-21-9-4-10-22-43)51-38-40-57-54(42-51)59(58(46-25-13-6-14-26-46)47-27-15-7-16-28-47)52-31-19-20-32-55(52)62(57)49-29-17-8-18-30-49/h4-42H,1-3H3. The number of hydrogen-bond acceptors (Lipinski definition) is 2. The molecule has 0 fully saturated rings. The Bertz CT molecular complexity index is 2960. The molecule has 0 amide bonds. The Morgan fingerprint density at radius 2 is 0.887 bits per heavy atom. The maximum atomic E-state index is 2.46. The second-order valence-electron chi connectivity index (χ2n) is 17.0. The highest BCUT2D eigenvalue weighted by Gasteiger charge is 2.32. The number of nitrogens with zero attached hydrogens (tertiary/aromatic N) is 2. The quantitative estimate of drug-likeness (QED) is 0.151. The van der Waals surface area contributed by atoms with Gasteiger partial charge in [-0.05, 0) is 105 Å². The molecule has 0 atom stereocenters. The van der Waals surface area contributed by atoms with E-state index in [2.05, 4.69) is 267 Å². The molecule has 298 valence electrons. The number of anilines is 6. The summed E-state index contributed by atoms with van der Waals surface area (Å²) >= 11 is 0. The van der Waals surface area contributed by atoms with Crippen LogP contribution < -0.4 is 9.80 Å². The molecule has 1 aliphatic rings. The van der Waals surface area contributed by atoms with Crippen molar-refractivity contribution in [2.24, 2.45) is 0 Å². The van der Waals surface area contributed by atoms with Crippen LogP contribution in [0.5, 0.6) is 0 Å². The van der Waals surface area contributed by atoms with Crippen LogP contribution in [0.4, 0.5) is 34.1 Å². The minimum absolute atomic E-state index is 0.0324. The number of benzene rings is 9. The first-order valence-corrected chi connectivity index (χ1v) is 21.5. The summed E-state index contributed by atoms with van der Waals surface area (Å²) in [5.41, 5.74) is 19.7. The fraction of sp³-hybridized carbons (Fsp3) is 0.0667. The second-order valence-corrected chi connectivity index (χ2v) is 17.0. The van der Waals surface area contributed by atoms with Gasteiger partial charge in [-0.3, -0.25) is 0 Å². The lowest BCUT2D eigenvalue weighted by atomic mass is 9.81. The normalized spacial score (nSPS) is 12.0. The number of fused-ring (bicyclic) bond motifs is 2. The van der Waals surface area contributed by atoms with Gasteiger partial charge in [0.1, 0.15) is 0 Å². The van der Waals surface area contributed by atoms with Gasteiger partial charge in [-0.25, -0.2) is 0 Å². The van der Waals surface area contributed by atoms with Gasteiger partial charge in [0.25, 0.3) is 0 Å². The highest BCUT2D eigenvalue weighted by Crippen LogP contribution is 2.54. The highest BCUT2D eigenvalue weighted by atomic mass is 15.2. The van der Waals surface area contributed by atoms with Crippen LogP contribution in [0, 0.1) is 0 Å². The summed E-state index contributed by atoms with van der Waals surface area (Å²) in [7, 11) is 0. The van der Waals surface area contributed by atoms with Crippen LogP contribution >= 0.6 is 0 Å². The third kappa shape index (κ3) is 7.31. The van der Waals surface area contributed by atoms with E-state index in [0.717, 1.165) is 39.7 Å². The third-order valence-electron chi connectivity index (χ3n) is 12.0. The average molecular weight is 797 g/mol. The number of rotatable bonds is 8. The van der Waals surface area contributed by atoms with E-state index in [9.17, 15) is 0 Å². The molecule has 0 unspecified atom stereocenters. The van der Waals surface area contributed by atoms with Crippen LogP contribution in [0.3, 0.4) is 0 Å². The minimum Gasteiger partial charge on any atom is -0.310 e. The fourth-order valence-electron chi connectivity index (χ4n) is 8.91. The van der Waals surface area contributed by atoms with Gasteiger partial charge in [-0.15, -0.1) is 0 Å². The monoisotopic (exact) mass is 796 g/mol. The van der Waals surface area contributed by atoms with Gasteiger partial charge in [0.05, 0.1) is 17.1 Å². The molecule has 9 aromatic rings. The molecule has 2 nitrogen and oxygen atoms in total. The van der Waals surface area contributed by atoms with E-state index in [0.29, 0.717) is 0 Å². The maximum Gasteiger partial charge on any atom is 0.0542 e. The molecular weight excluding hydrogens is 749 g/mol. The van der Waals surface area contributed by atoms with E-state index in [1.807, 2.05) is 0 Å². The summed E-state index contributed by atoms with van der Waals surface area (Å²) in [6.07, 6.45) is 0. The predicted molar refractivity (Wildman–Crippen MR) is 263 cm³/mol. The summed E-state index contributed by atoms with van der Waals surface area (Å²) in [5.74, 6) is 0. The van der Waals surface area contributed by atoms with Gasteiger partial charge < -0.3 is 9.80 Å². The van der Waals surface area contributed by atoms with Crippen LogP contribution in [0.25, 0.3) is 33.4 Å². The average Bonchev–Trinajstić information content (AvgIpc) is 3.33. The lowest BCUT2D eigenvalue weighted by molar-refractivity contribution is 0.590. The largest absolute Gasteiger partial charge is 0.310 e. The van der Waals surface area contributed by atoms with Gasteiger partial charge in [0.2, 0.25) is 0 Å². The van der Waals surface area contributed by atoms with E-state index in [1.165, 1.54) is 55.7 Å². The second kappa shape index (κ2) is 16.4. The molecule has 0 saturated heterocycles. The van der Waals surface area contributed by atoms with Crippen LogP contribution in [-0.2, 0) is 5.41 Å². The van der Waals surface area contributed by atoms with Crippen molar-refractivity contribution in [1.82, 2.24) is 0 Å². The Balaban J connectivity index is 1.28. The Morgan fingerprint density at radius 3 is 1.50 bits per heavy atom. The summed E-state index contributed by atoms with van der Waals surface area (Å²) in [6, 6.07) is 86.1. The topological polar surface area (TPSA) is 6.48 Å². The molecule has 1 heterocycles. The van der Waals surface area contributed by atoms with Gasteiger partial charge in [0.15, 0.2) is 0 Å². The molecule has 0 N–H and O–H groups in total. The molecule has 0 aromatic heterocycles. The Morgan fingerprint density at radius 1 is 0.387 bits per heavy atom. The van der Waals surface area contributed by atoms with E-state index < -0.39 is 0 Å². The van der Waals surface area contributed by atoms with Crippen LogP contribution in [0.2, 0.25) is 0 Å². The molecule has 0 aliphatic carbocycles. The smallest absolute Gasteiger partial charge is 0.0542 e. The molecule has 62 heavy (non-hydrogen) atoms. The molecule has 0 radical (unpaired) electrons. The summed E-state index contributed by atoms with van der Waals surface area (Å²) in [6.45, 7) is 6.88. The molecule has 2 heteroatoms. The molecule has 0 bridgehead atoms. The van der Waals surface area contributed by atoms with Crippen molar-refractivity contribution in [3.63, 3.8) is 0 Å². The first-order chi connectivity index (χ1) is 30.4. The zero-order chi connectivity index (χ0) is 42.0. The van der Waals surface area contributed by atoms with E-state index in [4.69, 9.17) is 0 Å². The molecule has 0 saturated carbocycles. The van der Waals surface area contributed by atoms with E-state index in [-0.39, 0.29) is 5.41 Å². The lowest BCUT2D eigenvalue weighted by Gasteiger charge is -2.37. The SMILES string of the molecule is CC(C)(C)c1ccc(N(c2ccc(-c3ccccc3)cc2)c2ccc3c(c2)C(=C(c2ccccc2)c2ccccc2)c2ccccc2N3c2ccccc2)c(-c2ccccc2)c1. The van der Waals surface area contributed by atoms with Gasteiger partial charge in [-0.2, -0.15) is 0 Å². The number of hydrogen-bond donors (Lipinski definition) is 0. The van der Waals surface area contributed by atoms with Crippen molar-refractivity contribution in [3.05, 3.63) is 264 Å². The van der Waals surface area contributed by atoms with E-state index in [1.54, 1.807) is 0 Å². The first-order valence-electron chi connectivity index (χ1n) is 21.5. The minimum atomic E-state index is -0.0324. The van der Waals surface area contributed by atoms with Crippen molar-refractivity contribution < 1.29 is 0 Å². The zero-order valence-corrected chi connectivity index (χ0v) is 35.4. The van der Waals surface area contributed by atoms with Crippen LogP contribution in [0.15, 0.2) is 237 Å². The number of para-hydroxylation sites is 2. The highest BCUT2D eigenvalue weighted by molar-refractivity contribution is 6.13. The Hall–Kier alpha value is -7.68. The molecule has 0 spiro atoms. The van der Waals surface area contributed by atoms with E-state index >= 15 is 0 Å². The van der Waals surface area contributed by atoms with Crippen molar-refractivity contribution in [2.75, 3.05) is 9.80 Å². The van der Waals surface area contributed by atoms with Crippen LogP contribution in [0.1, 0.15) is 48.6 Å². The predicted octanol–water partition coefficient (Wildman–Crippen LogP) is 16.6. The third-order valence-corrected chi connectivity index (χ3v) is 12.0. The maximum absolute atomic E-state index is 2.46. The van der Waals surface area contributed by atoms with Crippen molar-refractivity contribution >= 4 is 45.3 Å². The van der Waals surface area contributed by atoms with Crippen molar-refractivity contribution in [2.45, 2.75) is 26.2 Å². The van der Waals surface area contributed by atoms with Crippen LogP contribution in [-0.4, -0.2) is 0 Å². The van der Waals surface area contributed by atoms with Crippen molar-refractivity contribution in [3.8, 4) is 22.3 Å². The molecule has 10 rings (SSSR count). The van der Waals surface area contributed by atoms with Crippen molar-refractivity contribution in [1.29, 1.82) is 0 Å². The summed E-state index contributed by atoms with van der Waals surface area (Å²) in [4.78, 5) is 4.89. The molecular formula is C60H48N2.